The van der Waals surface area contributed by atoms with Crippen LogP contribution in [0.2, 0.25) is 0 Å². The van der Waals surface area contributed by atoms with Crippen LogP contribution in [0.3, 0.4) is 0 Å². The van der Waals surface area contributed by atoms with E-state index in [4.69, 9.17) is 0 Å². The number of nitrogens with zero attached hydrogens (tertiary/aromatic N) is 3. The smallest absolute Gasteiger partial charge is 0.337 e. The van der Waals surface area contributed by atoms with Crippen molar-refractivity contribution in [3.63, 3.8) is 0 Å². The van der Waals surface area contributed by atoms with E-state index in [9.17, 15) is 13.2 Å². The number of pyridine rings is 1. The van der Waals surface area contributed by atoms with E-state index in [-0.39, 0.29) is 4.90 Å². The fourth-order valence-corrected chi connectivity index (χ4v) is 4.35. The van der Waals surface area contributed by atoms with E-state index in [0.29, 0.717) is 30.0 Å². The highest BCUT2D eigenvalue weighted by Crippen LogP contribution is 2.20. The van der Waals surface area contributed by atoms with Gasteiger partial charge in [0.2, 0.25) is 10.0 Å². The van der Waals surface area contributed by atoms with E-state index in [0.717, 1.165) is 19.3 Å². The van der Waals surface area contributed by atoms with Gasteiger partial charge in [0, 0.05) is 19.3 Å². The predicted octanol–water partition coefficient (Wildman–Crippen LogP) is 2.49. The van der Waals surface area contributed by atoms with Crippen molar-refractivity contribution in [2.75, 3.05) is 25.6 Å². The highest BCUT2D eigenvalue weighted by molar-refractivity contribution is 7.89. The molecule has 1 aromatic carbocycles. The van der Waals surface area contributed by atoms with Crippen LogP contribution in [0.25, 0.3) is 0 Å². The normalized spacial score (nSPS) is 15.5. The molecule has 28 heavy (non-hydrogen) atoms. The van der Waals surface area contributed by atoms with Crippen molar-refractivity contribution in [1.82, 2.24) is 9.29 Å². The lowest BCUT2D eigenvalue weighted by molar-refractivity contribution is 0.0600. The summed E-state index contributed by atoms with van der Waals surface area (Å²) in [6, 6.07) is 9.91. The van der Waals surface area contributed by atoms with Crippen LogP contribution in [0.5, 0.6) is 0 Å². The molecule has 0 aliphatic carbocycles. The number of methoxy groups -OCH3 is 1. The Labute approximate surface area is 164 Å². The van der Waals surface area contributed by atoms with E-state index in [2.05, 4.69) is 20.2 Å². The van der Waals surface area contributed by atoms with Gasteiger partial charge < -0.3 is 4.74 Å². The molecule has 0 saturated carbocycles. The Bertz CT molecular complexity index is 952. The van der Waals surface area contributed by atoms with Gasteiger partial charge >= 0.3 is 5.97 Å². The van der Waals surface area contributed by atoms with Gasteiger partial charge in [-0.3, -0.25) is 5.43 Å². The van der Waals surface area contributed by atoms with Gasteiger partial charge in [0.1, 0.15) is 10.7 Å². The molecule has 0 unspecified atom stereocenters. The molecule has 148 valence electrons. The van der Waals surface area contributed by atoms with E-state index < -0.39 is 16.0 Å². The number of hydrazone groups is 1. The Balaban J connectivity index is 1.64. The molecule has 9 heteroatoms. The maximum Gasteiger partial charge on any atom is 0.337 e. The average molecular weight is 402 g/mol. The molecular formula is C19H22N4O4S. The van der Waals surface area contributed by atoms with Crippen molar-refractivity contribution < 1.29 is 17.9 Å². The van der Waals surface area contributed by atoms with Gasteiger partial charge in [0.05, 0.1) is 18.9 Å². The summed E-state index contributed by atoms with van der Waals surface area (Å²) in [5.41, 5.74) is 3.88. The number of benzene rings is 1. The Morgan fingerprint density at radius 2 is 2.00 bits per heavy atom. The predicted molar refractivity (Wildman–Crippen MR) is 106 cm³/mol. The van der Waals surface area contributed by atoms with Crippen LogP contribution in [-0.4, -0.2) is 50.1 Å². The van der Waals surface area contributed by atoms with Crippen LogP contribution in [0.4, 0.5) is 5.82 Å². The molecule has 1 N–H and O–H groups in total. The minimum absolute atomic E-state index is 0.176. The van der Waals surface area contributed by atoms with Gasteiger partial charge in [-0.25, -0.2) is 18.2 Å². The number of piperidine rings is 1. The second kappa shape index (κ2) is 8.94. The molecule has 1 fully saturated rings. The minimum atomic E-state index is -3.50. The third-order valence-electron chi connectivity index (χ3n) is 4.39. The summed E-state index contributed by atoms with van der Waals surface area (Å²) in [4.78, 5) is 15.8. The number of hydrogen-bond acceptors (Lipinski definition) is 7. The topological polar surface area (TPSA) is 101 Å². The summed E-state index contributed by atoms with van der Waals surface area (Å²) in [6.45, 7) is 1.11. The van der Waals surface area contributed by atoms with Gasteiger partial charge in [-0.2, -0.15) is 9.41 Å². The highest BCUT2D eigenvalue weighted by atomic mass is 32.2. The summed E-state index contributed by atoms with van der Waals surface area (Å²) in [7, 11) is -2.17. The van der Waals surface area contributed by atoms with Gasteiger partial charge in [-0.15, -0.1) is 0 Å². The summed E-state index contributed by atoms with van der Waals surface area (Å²) in [5, 5.41) is 4.07. The zero-order valence-electron chi connectivity index (χ0n) is 15.5. The van der Waals surface area contributed by atoms with Crippen molar-refractivity contribution in [3.8, 4) is 0 Å². The second-order valence-corrected chi connectivity index (χ2v) is 8.27. The molecule has 2 aromatic rings. The molecule has 0 spiro atoms. The van der Waals surface area contributed by atoms with Gasteiger partial charge in [0.25, 0.3) is 0 Å². The summed E-state index contributed by atoms with van der Waals surface area (Å²) >= 11 is 0. The Morgan fingerprint density at radius 3 is 2.68 bits per heavy atom. The zero-order valence-corrected chi connectivity index (χ0v) is 16.4. The lowest BCUT2D eigenvalue weighted by atomic mass is 10.1. The Kier molecular flexibility index (Phi) is 6.37. The largest absolute Gasteiger partial charge is 0.465 e. The van der Waals surface area contributed by atoms with Crippen molar-refractivity contribution in [1.29, 1.82) is 0 Å². The molecule has 1 aliphatic rings. The first-order chi connectivity index (χ1) is 13.5. The monoisotopic (exact) mass is 402 g/mol. The number of rotatable bonds is 6. The lowest BCUT2D eigenvalue weighted by Crippen LogP contribution is -2.35. The molecule has 2 heterocycles. The fraction of sp³-hybridized carbons (Fsp3) is 0.316. The van der Waals surface area contributed by atoms with Crippen molar-refractivity contribution in [2.45, 2.75) is 24.2 Å². The first-order valence-corrected chi connectivity index (χ1v) is 10.4. The van der Waals surface area contributed by atoms with E-state index in [1.807, 2.05) is 0 Å². The van der Waals surface area contributed by atoms with E-state index in [1.165, 1.54) is 29.9 Å². The standard InChI is InChI=1S/C19H22N4O4S/c1-27-19(24)16-7-5-6-15(12-16)13-21-22-18-9-8-17(14-20-18)28(25,26)23-10-3-2-4-11-23/h5-9,12-14H,2-4,10-11H2,1H3,(H,20,22)/b21-13+. The third-order valence-corrected chi connectivity index (χ3v) is 6.27. The van der Waals surface area contributed by atoms with Crippen LogP contribution < -0.4 is 5.43 Å². The second-order valence-electron chi connectivity index (χ2n) is 6.33. The van der Waals surface area contributed by atoms with Crippen LogP contribution in [-0.2, 0) is 14.8 Å². The molecule has 1 saturated heterocycles. The quantitative estimate of drug-likeness (QED) is 0.453. The first kappa shape index (κ1) is 20.0. The molecule has 0 radical (unpaired) electrons. The molecule has 8 nitrogen and oxygen atoms in total. The summed E-state index contributed by atoms with van der Waals surface area (Å²) in [5.74, 6) is -0.00616. The summed E-state index contributed by atoms with van der Waals surface area (Å²) < 4.78 is 31.4. The molecule has 3 rings (SSSR count). The number of carbonyl (C=O) groups excluding carboxylic acids is 1. The number of ether oxygens (including phenoxy) is 1. The van der Waals surface area contributed by atoms with Crippen LogP contribution in [0.1, 0.15) is 35.2 Å². The molecule has 0 bridgehead atoms. The van der Waals surface area contributed by atoms with Gasteiger partial charge in [0.15, 0.2) is 0 Å². The van der Waals surface area contributed by atoms with Crippen molar-refractivity contribution in [2.24, 2.45) is 5.10 Å². The molecule has 0 atom stereocenters. The van der Waals surface area contributed by atoms with E-state index >= 15 is 0 Å². The first-order valence-electron chi connectivity index (χ1n) is 8.94. The van der Waals surface area contributed by atoms with E-state index in [1.54, 1.807) is 30.3 Å². The zero-order chi connectivity index (χ0) is 20.0. The Hall–Kier alpha value is -2.78. The molecular weight excluding hydrogens is 380 g/mol. The van der Waals surface area contributed by atoms with Gasteiger partial charge in [-0.1, -0.05) is 18.6 Å². The number of hydrogen-bond donors (Lipinski definition) is 1. The minimum Gasteiger partial charge on any atom is -0.465 e. The number of anilines is 1. The lowest BCUT2D eigenvalue weighted by Gasteiger charge is -2.25. The number of esters is 1. The fourth-order valence-electron chi connectivity index (χ4n) is 2.89. The molecule has 1 aliphatic heterocycles. The molecule has 1 aromatic heterocycles. The summed E-state index contributed by atoms with van der Waals surface area (Å²) in [6.07, 6.45) is 5.70. The van der Waals surface area contributed by atoms with Crippen molar-refractivity contribution in [3.05, 3.63) is 53.7 Å². The highest BCUT2D eigenvalue weighted by Gasteiger charge is 2.26. The average Bonchev–Trinajstić information content (AvgIpc) is 2.74. The Morgan fingerprint density at radius 1 is 1.21 bits per heavy atom. The molecule has 0 amide bonds. The number of aromatic nitrogens is 1. The van der Waals surface area contributed by atoms with Gasteiger partial charge in [-0.05, 0) is 42.7 Å². The number of carbonyl (C=O) groups is 1. The van der Waals surface area contributed by atoms with Crippen LogP contribution >= 0.6 is 0 Å². The van der Waals surface area contributed by atoms with Crippen LogP contribution in [0, 0.1) is 0 Å². The van der Waals surface area contributed by atoms with Crippen LogP contribution in [0.15, 0.2) is 52.6 Å². The third kappa shape index (κ3) is 4.73. The maximum absolute atomic E-state index is 12.6. The SMILES string of the molecule is COC(=O)c1cccc(/C=N/Nc2ccc(S(=O)(=O)N3CCCCC3)cn2)c1. The maximum atomic E-state index is 12.6. The number of sulfonamides is 1. The number of nitrogens with one attached hydrogen (secondary N) is 1. The van der Waals surface area contributed by atoms with Crippen molar-refractivity contribution >= 4 is 28.0 Å².